The van der Waals surface area contributed by atoms with Crippen molar-refractivity contribution >= 4 is 14.0 Å². The van der Waals surface area contributed by atoms with Crippen LogP contribution in [0.25, 0.3) is 0 Å². The van der Waals surface area contributed by atoms with Gasteiger partial charge in [-0.1, -0.05) is 65.1 Å². The lowest BCUT2D eigenvalue weighted by Crippen LogP contribution is -2.37. The van der Waals surface area contributed by atoms with E-state index in [9.17, 15) is 4.79 Å². The molecule has 0 heterocycles. The van der Waals surface area contributed by atoms with Gasteiger partial charge in [0.25, 0.3) is 0 Å². The molecule has 3 heteroatoms. The number of carbonyl (C=O) groups is 1. The normalized spacial score (nSPS) is 13.5. The van der Waals surface area contributed by atoms with Crippen LogP contribution in [0.2, 0.25) is 24.2 Å². The Morgan fingerprint density at radius 3 is 1.76 bits per heavy atom. The summed E-state index contributed by atoms with van der Waals surface area (Å²) < 4.78 is 4.88. The second-order valence-corrected chi connectivity index (χ2v) is 10.3. The highest BCUT2D eigenvalue weighted by molar-refractivity contribution is 6.80. The molecule has 0 aromatic carbocycles. The van der Waals surface area contributed by atoms with E-state index in [-0.39, 0.29) is 11.9 Å². The molecule has 0 aliphatic heterocycles. The van der Waals surface area contributed by atoms with Crippen molar-refractivity contribution in [1.29, 1.82) is 0 Å². The second kappa shape index (κ2) is 8.73. The molecule has 0 saturated heterocycles. The zero-order valence-electron chi connectivity index (χ0n) is 12.3. The molecule has 0 aliphatic rings. The monoisotopic (exact) mass is 258 g/mol. The predicted octanol–water partition coefficient (Wildman–Crippen LogP) is 4.47. The van der Waals surface area contributed by atoms with Crippen molar-refractivity contribution in [2.24, 2.45) is 5.92 Å². The van der Waals surface area contributed by atoms with Crippen molar-refractivity contribution in [2.45, 2.75) is 71.1 Å². The molecule has 0 rings (SSSR count). The summed E-state index contributed by atoms with van der Waals surface area (Å²) >= 11 is 0. The van der Waals surface area contributed by atoms with Gasteiger partial charge in [-0.2, -0.15) is 0 Å². The van der Waals surface area contributed by atoms with Crippen molar-refractivity contribution in [1.82, 2.24) is 0 Å². The summed E-state index contributed by atoms with van der Waals surface area (Å²) in [6, 6.07) is 5.23. The summed E-state index contributed by atoms with van der Waals surface area (Å²) in [4.78, 5) is 11.6. The minimum atomic E-state index is -1.24. The number of carbonyl (C=O) groups excluding carboxylic acids is 1. The summed E-state index contributed by atoms with van der Waals surface area (Å²) in [7, 11) is 0.263. The van der Waals surface area contributed by atoms with Gasteiger partial charge in [0.05, 0.1) is 21.1 Å². The number of hydrogen-bond donors (Lipinski definition) is 0. The molecule has 1 unspecified atom stereocenters. The Hall–Kier alpha value is -0.313. The first-order valence-electron chi connectivity index (χ1n) is 7.13. The van der Waals surface area contributed by atoms with E-state index >= 15 is 0 Å². The predicted molar refractivity (Wildman–Crippen MR) is 77.0 cm³/mol. The van der Waals surface area contributed by atoms with Gasteiger partial charge < -0.3 is 4.74 Å². The van der Waals surface area contributed by atoms with Crippen LogP contribution >= 0.6 is 0 Å². The Bertz CT molecular complexity index is 199. The lowest BCUT2D eigenvalue weighted by atomic mass is 10.2. The summed E-state index contributed by atoms with van der Waals surface area (Å²) in [5.41, 5.74) is 0. The summed E-state index contributed by atoms with van der Waals surface area (Å²) in [6.45, 7) is 8.86. The van der Waals surface area contributed by atoms with E-state index in [1.807, 2.05) is 6.92 Å². The van der Waals surface area contributed by atoms with E-state index in [0.717, 1.165) is 6.04 Å². The standard InChI is InChI=1S/C14H30O2Si/c1-6-9-17(10-7-2,11-8-3)12-13(4)14(15)16-5/h13H,6-12H2,1-5H3. The van der Waals surface area contributed by atoms with Gasteiger partial charge in [0.15, 0.2) is 0 Å². The Balaban J connectivity index is 4.68. The van der Waals surface area contributed by atoms with Gasteiger partial charge in [-0.15, -0.1) is 0 Å². The van der Waals surface area contributed by atoms with Crippen LogP contribution < -0.4 is 0 Å². The first kappa shape index (κ1) is 16.7. The SMILES string of the molecule is CCC[Si](CCC)(CCC)CC(C)C(=O)OC. The van der Waals surface area contributed by atoms with Crippen molar-refractivity contribution in [3.8, 4) is 0 Å². The molecule has 0 N–H and O–H groups in total. The molecule has 0 radical (unpaired) electrons. The molecule has 17 heavy (non-hydrogen) atoms. The van der Waals surface area contributed by atoms with E-state index in [2.05, 4.69) is 20.8 Å². The molecule has 0 saturated carbocycles. The summed E-state index contributed by atoms with van der Waals surface area (Å²) in [6.07, 6.45) is 3.79. The molecule has 1 atom stereocenters. The highest BCUT2D eigenvalue weighted by Gasteiger charge is 2.33. The average Bonchev–Trinajstić information content (AvgIpc) is 2.28. The third-order valence-electron chi connectivity index (χ3n) is 3.68. The first-order chi connectivity index (χ1) is 8.05. The molecular weight excluding hydrogens is 228 g/mol. The molecule has 0 fully saturated rings. The lowest BCUT2D eigenvalue weighted by molar-refractivity contribution is -0.144. The van der Waals surface area contributed by atoms with Crippen molar-refractivity contribution in [3.05, 3.63) is 0 Å². The van der Waals surface area contributed by atoms with Gasteiger partial charge in [0.2, 0.25) is 0 Å². The molecule has 0 amide bonds. The smallest absolute Gasteiger partial charge is 0.308 e. The highest BCUT2D eigenvalue weighted by atomic mass is 28.3. The van der Waals surface area contributed by atoms with E-state index in [4.69, 9.17) is 4.74 Å². The van der Waals surface area contributed by atoms with Crippen LogP contribution in [0.15, 0.2) is 0 Å². The highest BCUT2D eigenvalue weighted by Crippen LogP contribution is 2.33. The molecule has 2 nitrogen and oxygen atoms in total. The summed E-state index contributed by atoms with van der Waals surface area (Å²) in [5, 5.41) is 0. The Labute approximate surface area is 108 Å². The van der Waals surface area contributed by atoms with Crippen LogP contribution in [0.3, 0.4) is 0 Å². The Morgan fingerprint density at radius 1 is 1.06 bits per heavy atom. The number of ether oxygens (including phenoxy) is 1. The maximum absolute atomic E-state index is 11.6. The van der Waals surface area contributed by atoms with Gasteiger partial charge in [-0.25, -0.2) is 0 Å². The molecule has 0 bridgehead atoms. The van der Waals surface area contributed by atoms with Crippen LogP contribution in [-0.4, -0.2) is 21.2 Å². The molecule has 0 aliphatic carbocycles. The van der Waals surface area contributed by atoms with Crippen molar-refractivity contribution in [2.75, 3.05) is 7.11 Å². The fourth-order valence-corrected chi connectivity index (χ4v) is 9.22. The van der Waals surface area contributed by atoms with Gasteiger partial charge in [0, 0.05) is 0 Å². The second-order valence-electron chi connectivity index (χ2n) is 5.38. The van der Waals surface area contributed by atoms with Gasteiger partial charge in [-0.05, 0) is 6.04 Å². The van der Waals surface area contributed by atoms with Gasteiger partial charge in [0.1, 0.15) is 0 Å². The van der Waals surface area contributed by atoms with E-state index in [1.165, 1.54) is 44.5 Å². The summed E-state index contributed by atoms with van der Waals surface area (Å²) in [5.74, 6) is 0.0708. The quantitative estimate of drug-likeness (QED) is 0.450. The van der Waals surface area contributed by atoms with Crippen LogP contribution in [0.4, 0.5) is 0 Å². The number of esters is 1. The number of hydrogen-bond acceptors (Lipinski definition) is 2. The average molecular weight is 258 g/mol. The van der Waals surface area contributed by atoms with Crippen LogP contribution in [0.1, 0.15) is 47.0 Å². The zero-order valence-corrected chi connectivity index (χ0v) is 13.3. The number of methoxy groups -OCH3 is 1. The molecule has 0 aromatic rings. The van der Waals surface area contributed by atoms with E-state index < -0.39 is 8.07 Å². The largest absolute Gasteiger partial charge is 0.469 e. The fraction of sp³-hybridized carbons (Fsp3) is 0.929. The zero-order chi connectivity index (χ0) is 13.3. The van der Waals surface area contributed by atoms with Gasteiger partial charge in [-0.3, -0.25) is 4.79 Å². The van der Waals surface area contributed by atoms with Gasteiger partial charge >= 0.3 is 5.97 Å². The molecule has 0 aromatic heterocycles. The van der Waals surface area contributed by atoms with Crippen molar-refractivity contribution in [3.63, 3.8) is 0 Å². The van der Waals surface area contributed by atoms with Crippen LogP contribution in [-0.2, 0) is 9.53 Å². The maximum Gasteiger partial charge on any atom is 0.308 e. The minimum Gasteiger partial charge on any atom is -0.469 e. The number of rotatable bonds is 9. The Kier molecular flexibility index (Phi) is 8.57. The third-order valence-corrected chi connectivity index (χ3v) is 9.84. The minimum absolute atomic E-state index is 0.0230. The fourth-order valence-electron chi connectivity index (χ4n) is 3.21. The topological polar surface area (TPSA) is 26.3 Å². The van der Waals surface area contributed by atoms with Crippen molar-refractivity contribution < 1.29 is 9.53 Å². The van der Waals surface area contributed by atoms with Crippen LogP contribution in [0.5, 0.6) is 0 Å². The third kappa shape index (κ3) is 5.71. The van der Waals surface area contributed by atoms with E-state index in [0.29, 0.717) is 0 Å². The molecule has 102 valence electrons. The maximum atomic E-state index is 11.6. The molecular formula is C14H30O2Si. The molecule has 0 spiro atoms. The van der Waals surface area contributed by atoms with Crippen LogP contribution in [0, 0.1) is 5.92 Å². The Morgan fingerprint density at radius 2 is 1.47 bits per heavy atom. The van der Waals surface area contributed by atoms with E-state index in [1.54, 1.807) is 0 Å². The lowest BCUT2D eigenvalue weighted by Gasteiger charge is -2.33. The first-order valence-corrected chi connectivity index (χ1v) is 9.95.